The second-order valence-electron chi connectivity index (χ2n) is 9.45. The molecular formula is C24H33F3N8O2S. The highest BCUT2D eigenvalue weighted by Gasteiger charge is 2.34. The second-order valence-corrected chi connectivity index (χ2v) is 9.98. The Bertz CT molecular complexity index is 1160. The van der Waals surface area contributed by atoms with E-state index in [1.165, 1.54) is 12.3 Å². The summed E-state index contributed by atoms with van der Waals surface area (Å²) in [5, 5.41) is 2.66. The number of nitrogen functional groups attached to an aromatic ring is 1. The molecule has 2 amide bonds. The Morgan fingerprint density at radius 2 is 1.92 bits per heavy atom. The number of rotatable bonds is 9. The lowest BCUT2D eigenvalue weighted by atomic mass is 9.87. The van der Waals surface area contributed by atoms with E-state index in [1.54, 1.807) is 31.7 Å². The number of carbonyl (C=O) groups excluding carboxylic acids is 1. The zero-order valence-electron chi connectivity index (χ0n) is 21.9. The maximum absolute atomic E-state index is 13.7. The van der Waals surface area contributed by atoms with Gasteiger partial charge in [-0.15, -0.1) is 4.37 Å². The number of halogens is 3. The van der Waals surface area contributed by atoms with Crippen molar-refractivity contribution in [1.82, 2.24) is 28.9 Å². The van der Waals surface area contributed by atoms with E-state index in [9.17, 15) is 18.0 Å². The minimum absolute atomic E-state index is 0.142. The average Bonchev–Trinajstić information content (AvgIpc) is 3.34. The Kier molecular flexibility index (Phi) is 9.52. The molecule has 0 aromatic carbocycles. The molecule has 0 saturated carbocycles. The summed E-state index contributed by atoms with van der Waals surface area (Å²) < 4.78 is 55.3. The average molecular weight is 555 g/mol. The van der Waals surface area contributed by atoms with E-state index in [0.29, 0.717) is 50.0 Å². The number of ether oxygens (including phenoxy) is 1. The van der Waals surface area contributed by atoms with Gasteiger partial charge in [0.2, 0.25) is 11.8 Å². The number of urea groups is 1. The number of carbonyl (C=O) groups is 1. The van der Waals surface area contributed by atoms with Gasteiger partial charge in [0.25, 0.3) is 5.88 Å². The fraction of sp³-hybridized carbons (Fsp3) is 0.542. The van der Waals surface area contributed by atoms with E-state index in [0.717, 1.165) is 17.8 Å². The number of hydrogen-bond donors (Lipinski definition) is 2. The molecule has 3 N–H and O–H groups in total. The SMILES string of the molecule is CC/C(=C\C(=C/C(C)(C)CC)C(F)(F)F)NC(=O)N1CCN(c2nsnc2OCc2ccnc(N)n2)CC1. The van der Waals surface area contributed by atoms with E-state index >= 15 is 0 Å². The van der Waals surface area contributed by atoms with Crippen molar-refractivity contribution in [2.75, 3.05) is 36.8 Å². The van der Waals surface area contributed by atoms with Gasteiger partial charge in [0.05, 0.1) is 23.0 Å². The van der Waals surface area contributed by atoms with Crippen molar-refractivity contribution >= 4 is 29.5 Å². The quantitative estimate of drug-likeness (QED) is 0.433. The van der Waals surface area contributed by atoms with Gasteiger partial charge in [-0.25, -0.2) is 14.8 Å². The molecule has 1 saturated heterocycles. The molecule has 1 aliphatic heterocycles. The first kappa shape index (κ1) is 29.1. The molecule has 14 heteroatoms. The number of anilines is 2. The van der Waals surface area contributed by atoms with Crippen molar-refractivity contribution in [2.24, 2.45) is 5.41 Å². The molecule has 0 unspecified atom stereocenters. The van der Waals surface area contributed by atoms with Crippen molar-refractivity contribution in [1.29, 1.82) is 0 Å². The van der Waals surface area contributed by atoms with Crippen molar-refractivity contribution in [3.8, 4) is 5.88 Å². The van der Waals surface area contributed by atoms with Crippen LogP contribution in [0.2, 0.25) is 0 Å². The van der Waals surface area contributed by atoms with Crippen LogP contribution in [0.1, 0.15) is 46.2 Å². The largest absolute Gasteiger partial charge is 0.468 e. The first-order valence-electron chi connectivity index (χ1n) is 12.3. The molecule has 10 nitrogen and oxygen atoms in total. The van der Waals surface area contributed by atoms with Gasteiger partial charge in [0.1, 0.15) is 6.61 Å². The Morgan fingerprint density at radius 3 is 2.53 bits per heavy atom. The maximum Gasteiger partial charge on any atom is 0.416 e. The lowest BCUT2D eigenvalue weighted by molar-refractivity contribution is -0.0891. The summed E-state index contributed by atoms with van der Waals surface area (Å²) in [6, 6.07) is 1.24. The van der Waals surface area contributed by atoms with Gasteiger partial charge in [-0.05, 0) is 30.4 Å². The molecule has 0 spiro atoms. The third-order valence-electron chi connectivity index (χ3n) is 6.16. The maximum atomic E-state index is 13.7. The lowest BCUT2D eigenvalue weighted by Gasteiger charge is -2.35. The molecule has 3 heterocycles. The molecule has 0 aliphatic carbocycles. The standard InChI is InChI=1S/C24H33F3N8O2S/c1-5-17(13-16(24(25,26)27)14-23(3,4)6-2)31-22(36)35-11-9-34(10-12-35)19-20(33-38-32-19)37-15-18-7-8-29-21(28)30-18/h7-8,13-14H,5-6,9-12,15H2,1-4H3,(H,31,36)(H2,28,29,30)/b16-14+,17-13+. The number of hydrogen-bond acceptors (Lipinski definition) is 9. The molecule has 2 aromatic rings. The first-order chi connectivity index (χ1) is 17.9. The third-order valence-corrected chi connectivity index (χ3v) is 6.66. The lowest BCUT2D eigenvalue weighted by Crippen LogP contribution is -2.51. The smallest absolute Gasteiger partial charge is 0.416 e. The predicted molar refractivity (Wildman–Crippen MR) is 140 cm³/mol. The Morgan fingerprint density at radius 1 is 1.21 bits per heavy atom. The van der Waals surface area contributed by atoms with Crippen LogP contribution < -0.4 is 20.7 Å². The number of amides is 2. The third kappa shape index (κ3) is 8.04. The van der Waals surface area contributed by atoms with Crippen molar-refractivity contribution in [3.63, 3.8) is 0 Å². The van der Waals surface area contributed by atoms with Crippen LogP contribution in [0.4, 0.5) is 29.7 Å². The Labute approximate surface area is 224 Å². The zero-order chi connectivity index (χ0) is 27.9. The second kappa shape index (κ2) is 12.4. The van der Waals surface area contributed by atoms with Crippen LogP contribution in [-0.2, 0) is 6.61 Å². The van der Waals surface area contributed by atoms with E-state index < -0.39 is 23.2 Å². The molecule has 208 valence electrons. The first-order valence-corrected chi connectivity index (χ1v) is 13.0. The molecule has 2 aromatic heterocycles. The fourth-order valence-corrected chi connectivity index (χ4v) is 4.10. The molecule has 38 heavy (non-hydrogen) atoms. The van der Waals surface area contributed by atoms with E-state index in [-0.39, 0.29) is 24.7 Å². The zero-order valence-corrected chi connectivity index (χ0v) is 22.7. The highest BCUT2D eigenvalue weighted by molar-refractivity contribution is 6.99. The molecule has 0 bridgehead atoms. The van der Waals surface area contributed by atoms with Crippen molar-refractivity contribution in [2.45, 2.75) is 53.3 Å². The van der Waals surface area contributed by atoms with Gasteiger partial charge in [-0.3, -0.25) is 0 Å². The minimum atomic E-state index is -4.52. The summed E-state index contributed by atoms with van der Waals surface area (Å²) in [7, 11) is 0. The van der Waals surface area contributed by atoms with Crippen LogP contribution in [0.5, 0.6) is 5.88 Å². The fourth-order valence-electron chi connectivity index (χ4n) is 3.58. The van der Waals surface area contributed by atoms with E-state index in [1.807, 2.05) is 11.8 Å². The highest BCUT2D eigenvalue weighted by atomic mass is 32.1. The number of nitrogens with one attached hydrogen (secondary N) is 1. The highest BCUT2D eigenvalue weighted by Crippen LogP contribution is 2.33. The van der Waals surface area contributed by atoms with Crippen LogP contribution in [0.25, 0.3) is 0 Å². The van der Waals surface area contributed by atoms with Crippen LogP contribution in [-0.4, -0.2) is 62.0 Å². The number of alkyl halides is 3. The summed E-state index contributed by atoms with van der Waals surface area (Å²) in [6.45, 7) is 8.80. The van der Waals surface area contributed by atoms with Crippen LogP contribution in [0, 0.1) is 5.41 Å². The monoisotopic (exact) mass is 554 g/mol. The number of nitrogens with zero attached hydrogens (tertiary/aromatic N) is 6. The van der Waals surface area contributed by atoms with Gasteiger partial charge >= 0.3 is 12.2 Å². The summed E-state index contributed by atoms with van der Waals surface area (Å²) in [5.41, 5.74) is 5.01. The molecule has 1 fully saturated rings. The number of allylic oxidation sites excluding steroid dienone is 4. The summed E-state index contributed by atoms with van der Waals surface area (Å²) >= 11 is 1.01. The Balaban J connectivity index is 1.61. The predicted octanol–water partition coefficient (Wildman–Crippen LogP) is 4.54. The topological polar surface area (TPSA) is 122 Å². The minimum Gasteiger partial charge on any atom is -0.468 e. The van der Waals surface area contributed by atoms with Crippen LogP contribution in [0.3, 0.4) is 0 Å². The molecule has 3 rings (SSSR count). The summed E-state index contributed by atoms with van der Waals surface area (Å²) in [6.07, 6.45) is 0.0571. The number of aromatic nitrogens is 4. The van der Waals surface area contributed by atoms with E-state index in [4.69, 9.17) is 10.5 Å². The molecule has 0 atom stereocenters. The summed E-state index contributed by atoms with van der Waals surface area (Å²) in [5.74, 6) is 1.06. The van der Waals surface area contributed by atoms with Gasteiger partial charge < -0.3 is 25.6 Å². The normalized spacial score (nSPS) is 15.6. The number of piperazine rings is 1. The van der Waals surface area contributed by atoms with Crippen molar-refractivity contribution < 1.29 is 22.7 Å². The molecular weight excluding hydrogens is 521 g/mol. The van der Waals surface area contributed by atoms with Crippen molar-refractivity contribution in [3.05, 3.63) is 41.4 Å². The van der Waals surface area contributed by atoms with Crippen LogP contribution >= 0.6 is 11.7 Å². The van der Waals surface area contributed by atoms with E-state index in [2.05, 4.69) is 24.0 Å². The Hall–Kier alpha value is -3.42. The van der Waals surface area contributed by atoms with Gasteiger partial charge in [0, 0.05) is 38.1 Å². The summed E-state index contributed by atoms with van der Waals surface area (Å²) in [4.78, 5) is 24.3. The number of nitrogens with two attached hydrogens (primary N) is 1. The van der Waals surface area contributed by atoms with Crippen LogP contribution in [0.15, 0.2) is 35.7 Å². The molecule has 1 aliphatic rings. The van der Waals surface area contributed by atoms with Gasteiger partial charge in [0.15, 0.2) is 0 Å². The molecule has 0 radical (unpaired) electrons. The van der Waals surface area contributed by atoms with Gasteiger partial charge in [-0.1, -0.05) is 33.8 Å². The van der Waals surface area contributed by atoms with Gasteiger partial charge in [-0.2, -0.15) is 17.5 Å².